The van der Waals surface area contributed by atoms with Crippen molar-refractivity contribution in [2.24, 2.45) is 0 Å². The Morgan fingerprint density at radius 1 is 1.41 bits per heavy atom. The first-order valence-electron chi connectivity index (χ1n) is 6.64. The van der Waals surface area contributed by atoms with Crippen LogP contribution in [-0.2, 0) is 4.74 Å². The molecule has 10 nitrogen and oxygen atoms in total. The highest BCUT2D eigenvalue weighted by molar-refractivity contribution is 5.82. The zero-order valence-electron chi connectivity index (χ0n) is 12.0. The van der Waals surface area contributed by atoms with Crippen LogP contribution in [0.3, 0.4) is 0 Å². The van der Waals surface area contributed by atoms with Gasteiger partial charge in [0.15, 0.2) is 23.2 Å². The summed E-state index contributed by atoms with van der Waals surface area (Å²) in [5, 5.41) is 40.1. The Morgan fingerprint density at radius 3 is 2.73 bits per heavy atom. The van der Waals surface area contributed by atoms with Gasteiger partial charge < -0.3 is 20.1 Å². The van der Waals surface area contributed by atoms with E-state index in [0.29, 0.717) is 11.2 Å². The van der Waals surface area contributed by atoms with Gasteiger partial charge in [-0.1, -0.05) is 0 Å². The number of aromatic nitrogens is 4. The Morgan fingerprint density at radius 2 is 2.14 bits per heavy atom. The molecule has 4 atom stereocenters. The number of fused-ring (bicyclic) bond motifs is 1. The second-order valence-corrected chi connectivity index (χ2v) is 5.43. The van der Waals surface area contributed by atoms with E-state index in [9.17, 15) is 20.5 Å². The highest BCUT2D eigenvalue weighted by Gasteiger charge is 2.53. The molecule has 0 unspecified atom stereocenters. The average molecular weight is 311 g/mol. The van der Waals surface area contributed by atoms with Crippen molar-refractivity contribution in [2.45, 2.75) is 31.0 Å². The van der Waals surface area contributed by atoms with Crippen LogP contribution in [0.2, 0.25) is 0 Å². The monoisotopic (exact) mass is 311 g/mol. The van der Waals surface area contributed by atoms with Crippen molar-refractivity contribution in [3.05, 3.63) is 12.7 Å². The van der Waals surface area contributed by atoms with Crippen molar-refractivity contribution in [3.63, 3.8) is 0 Å². The van der Waals surface area contributed by atoms with Crippen LogP contribution < -0.4 is 5.06 Å². The third-order valence-electron chi connectivity index (χ3n) is 3.83. The Balaban J connectivity index is 2.10. The number of rotatable bonds is 3. The first-order valence-corrected chi connectivity index (χ1v) is 6.64. The molecule has 1 aliphatic rings. The summed E-state index contributed by atoms with van der Waals surface area (Å²) in [5.41, 5.74) is -1.01. The number of ether oxygens (including phenoxy) is 1. The van der Waals surface area contributed by atoms with Crippen molar-refractivity contribution in [1.82, 2.24) is 19.5 Å². The number of aliphatic hydroxyl groups is 3. The lowest BCUT2D eigenvalue weighted by molar-refractivity contribution is -0.0950. The minimum atomic E-state index is -1.64. The molecule has 0 bridgehead atoms. The van der Waals surface area contributed by atoms with Crippen molar-refractivity contribution in [3.8, 4) is 0 Å². The Labute approximate surface area is 125 Å². The molecule has 10 heteroatoms. The molecule has 2 aromatic heterocycles. The molecule has 0 spiro atoms. The number of nitrogens with zero attached hydrogens (tertiary/aromatic N) is 5. The molecule has 0 aliphatic carbocycles. The summed E-state index contributed by atoms with van der Waals surface area (Å²) < 4.78 is 6.96. The number of hydrogen-bond donors (Lipinski definition) is 4. The van der Waals surface area contributed by atoms with E-state index in [1.807, 2.05) is 0 Å². The largest absolute Gasteiger partial charge is 0.394 e. The van der Waals surface area contributed by atoms with E-state index in [4.69, 9.17) is 4.74 Å². The molecule has 22 heavy (non-hydrogen) atoms. The number of hydrogen-bond acceptors (Lipinski definition) is 9. The molecule has 0 aromatic carbocycles. The summed E-state index contributed by atoms with van der Waals surface area (Å²) in [6.45, 7) is 0.976. The van der Waals surface area contributed by atoms with E-state index in [1.165, 1.54) is 31.2 Å². The average Bonchev–Trinajstić information content (AvgIpc) is 2.99. The van der Waals surface area contributed by atoms with E-state index in [1.54, 1.807) is 0 Å². The van der Waals surface area contributed by atoms with Gasteiger partial charge in [0.05, 0.1) is 12.9 Å². The quantitative estimate of drug-likeness (QED) is 0.507. The van der Waals surface area contributed by atoms with Crippen LogP contribution in [0.25, 0.3) is 11.2 Å². The van der Waals surface area contributed by atoms with Gasteiger partial charge in [0.25, 0.3) is 0 Å². The summed E-state index contributed by atoms with van der Waals surface area (Å²) in [7, 11) is 1.40. The molecule has 4 N–H and O–H groups in total. The van der Waals surface area contributed by atoms with Gasteiger partial charge in [-0.2, -0.15) is 0 Å². The van der Waals surface area contributed by atoms with Gasteiger partial charge in [-0.05, 0) is 6.92 Å². The third kappa shape index (κ3) is 2.04. The lowest BCUT2D eigenvalue weighted by Gasteiger charge is -2.27. The Kier molecular flexibility index (Phi) is 3.50. The zero-order valence-corrected chi connectivity index (χ0v) is 12.0. The molecule has 3 heterocycles. The highest BCUT2D eigenvalue weighted by atomic mass is 16.6. The van der Waals surface area contributed by atoms with Crippen LogP contribution in [0.1, 0.15) is 13.2 Å². The van der Waals surface area contributed by atoms with Gasteiger partial charge >= 0.3 is 0 Å². The number of imidazole rings is 1. The predicted molar refractivity (Wildman–Crippen MR) is 73.1 cm³/mol. The predicted octanol–water partition coefficient (Wildman–Crippen LogP) is -1.35. The SMILES string of the molecule is CN(O)c1ncnc2c1ncn2[C@@H]1O[C@H](CO)[C@@H](O)[C@@]1(C)O. The molecule has 0 saturated carbocycles. The van der Waals surface area contributed by atoms with Crippen LogP contribution in [0.4, 0.5) is 5.82 Å². The highest BCUT2D eigenvalue weighted by Crippen LogP contribution is 2.39. The van der Waals surface area contributed by atoms with Crippen LogP contribution in [0.15, 0.2) is 12.7 Å². The lowest BCUT2D eigenvalue weighted by atomic mass is 9.96. The molecule has 3 rings (SSSR count). The molecule has 2 aromatic rings. The minimum absolute atomic E-state index is 0.195. The van der Waals surface area contributed by atoms with Crippen LogP contribution in [0.5, 0.6) is 0 Å². The van der Waals surface area contributed by atoms with E-state index >= 15 is 0 Å². The normalized spacial score (nSPS) is 31.8. The van der Waals surface area contributed by atoms with Crippen molar-refractivity contribution in [2.75, 3.05) is 18.7 Å². The van der Waals surface area contributed by atoms with Gasteiger partial charge in [-0.15, -0.1) is 0 Å². The standard InChI is InChI=1S/C12H17N5O5/c1-12(20)8(19)6(3-18)22-11(12)17-5-15-7-9(16(2)21)13-4-14-10(7)17/h4-6,8,11,18-21H,3H2,1-2H3/t6-,8-,11-,12-/m1/s1. The molecule has 1 fully saturated rings. The fourth-order valence-corrected chi connectivity index (χ4v) is 2.64. The lowest BCUT2D eigenvalue weighted by Crippen LogP contribution is -2.44. The number of anilines is 1. The summed E-state index contributed by atoms with van der Waals surface area (Å²) in [6.07, 6.45) is -0.554. The summed E-state index contributed by atoms with van der Waals surface area (Å²) in [5.74, 6) is 0.195. The van der Waals surface area contributed by atoms with Crippen LogP contribution in [0, 0.1) is 0 Å². The van der Waals surface area contributed by atoms with Crippen molar-refractivity contribution >= 4 is 17.0 Å². The zero-order chi connectivity index (χ0) is 16.1. The first-order chi connectivity index (χ1) is 10.4. The van der Waals surface area contributed by atoms with Crippen molar-refractivity contribution in [1.29, 1.82) is 0 Å². The van der Waals surface area contributed by atoms with E-state index < -0.39 is 30.6 Å². The maximum Gasteiger partial charge on any atom is 0.183 e. The molecule has 1 aliphatic heterocycles. The van der Waals surface area contributed by atoms with E-state index in [2.05, 4.69) is 15.0 Å². The topological polar surface area (TPSA) is 137 Å². The van der Waals surface area contributed by atoms with Gasteiger partial charge in [0, 0.05) is 7.05 Å². The molecule has 0 radical (unpaired) electrons. The molecule has 120 valence electrons. The van der Waals surface area contributed by atoms with Crippen LogP contribution >= 0.6 is 0 Å². The van der Waals surface area contributed by atoms with Gasteiger partial charge in [-0.3, -0.25) is 9.77 Å². The van der Waals surface area contributed by atoms with E-state index in [-0.39, 0.29) is 5.82 Å². The molecule has 0 amide bonds. The summed E-state index contributed by atoms with van der Waals surface area (Å²) in [6, 6.07) is 0. The van der Waals surface area contributed by atoms with E-state index in [0.717, 1.165) is 5.06 Å². The molecule has 1 saturated heterocycles. The molecular formula is C12H17N5O5. The summed E-state index contributed by atoms with van der Waals surface area (Å²) in [4.78, 5) is 12.1. The minimum Gasteiger partial charge on any atom is -0.394 e. The maximum atomic E-state index is 10.5. The number of hydroxylamine groups is 1. The smallest absolute Gasteiger partial charge is 0.183 e. The second-order valence-electron chi connectivity index (χ2n) is 5.43. The number of aliphatic hydroxyl groups excluding tert-OH is 2. The first kappa shape index (κ1) is 15.1. The summed E-state index contributed by atoms with van der Waals surface area (Å²) >= 11 is 0. The Hall–Kier alpha value is -1.85. The Bertz CT molecular complexity index is 688. The third-order valence-corrected chi connectivity index (χ3v) is 3.83. The van der Waals surface area contributed by atoms with Gasteiger partial charge in [0.2, 0.25) is 0 Å². The van der Waals surface area contributed by atoms with Gasteiger partial charge in [-0.25, -0.2) is 20.0 Å². The maximum absolute atomic E-state index is 10.5. The van der Waals surface area contributed by atoms with Crippen molar-refractivity contribution < 1.29 is 25.3 Å². The second kappa shape index (κ2) is 5.11. The van der Waals surface area contributed by atoms with Gasteiger partial charge in [0.1, 0.15) is 24.1 Å². The fraction of sp³-hybridized carbons (Fsp3) is 0.583. The molecular weight excluding hydrogens is 294 g/mol. The fourth-order valence-electron chi connectivity index (χ4n) is 2.64. The van der Waals surface area contributed by atoms with Crippen LogP contribution in [-0.4, -0.2) is 71.5 Å².